The average Bonchev–Trinajstić information content (AvgIpc) is 3.01. The molecule has 1 aliphatic carbocycles. The van der Waals surface area contributed by atoms with Crippen LogP contribution in [0.2, 0.25) is 0 Å². The van der Waals surface area contributed by atoms with E-state index < -0.39 is 0 Å². The highest BCUT2D eigenvalue weighted by Gasteiger charge is 2.31. The third-order valence-electron chi connectivity index (χ3n) is 3.21. The largest absolute Gasteiger partial charge is 0.0884 e. The van der Waals surface area contributed by atoms with Gasteiger partial charge in [-0.05, 0) is 36.7 Å². The quantitative estimate of drug-likeness (QED) is 0.710. The molecule has 0 heterocycles. The number of hydrogen-bond acceptors (Lipinski definition) is 0. The van der Waals surface area contributed by atoms with Crippen LogP contribution in [0.15, 0.2) is 30.3 Å². The highest BCUT2D eigenvalue weighted by molar-refractivity contribution is 9.09. The highest BCUT2D eigenvalue weighted by Crippen LogP contribution is 2.40. The van der Waals surface area contributed by atoms with Crippen molar-refractivity contribution in [1.29, 1.82) is 0 Å². The lowest BCUT2D eigenvalue weighted by Crippen LogP contribution is -2.15. The Labute approximate surface area is 94.8 Å². The Hall–Kier alpha value is -0.300. The fourth-order valence-corrected chi connectivity index (χ4v) is 2.75. The van der Waals surface area contributed by atoms with Gasteiger partial charge in [-0.3, -0.25) is 0 Å². The zero-order valence-electron chi connectivity index (χ0n) is 8.62. The lowest BCUT2D eigenvalue weighted by molar-refractivity contribution is 0.490. The molecule has 0 spiro atoms. The monoisotopic (exact) mass is 252 g/mol. The minimum Gasteiger partial charge on any atom is -0.0884 e. The van der Waals surface area contributed by atoms with Crippen LogP contribution in [0.25, 0.3) is 0 Å². The van der Waals surface area contributed by atoms with Crippen LogP contribution in [0.5, 0.6) is 0 Å². The molecule has 0 saturated heterocycles. The molecule has 0 N–H and O–H groups in total. The second-order valence-electron chi connectivity index (χ2n) is 4.40. The molecule has 0 amide bonds. The molecular formula is C13H17Br. The van der Waals surface area contributed by atoms with Gasteiger partial charge in [0.15, 0.2) is 0 Å². The maximum atomic E-state index is 3.82. The molecular weight excluding hydrogens is 236 g/mol. The van der Waals surface area contributed by atoms with E-state index in [2.05, 4.69) is 53.2 Å². The first-order valence-corrected chi connectivity index (χ1v) is 6.37. The number of alkyl halides is 1. The molecule has 0 aliphatic heterocycles. The van der Waals surface area contributed by atoms with Crippen LogP contribution >= 0.6 is 15.9 Å². The van der Waals surface area contributed by atoms with Crippen molar-refractivity contribution in [1.82, 2.24) is 0 Å². The summed E-state index contributed by atoms with van der Waals surface area (Å²) >= 11 is 3.82. The molecule has 2 rings (SSSR count). The van der Waals surface area contributed by atoms with Gasteiger partial charge in [0.05, 0.1) is 0 Å². The van der Waals surface area contributed by atoms with Gasteiger partial charge in [-0.2, -0.15) is 0 Å². The fourth-order valence-electron chi connectivity index (χ4n) is 1.94. The molecule has 1 aromatic rings. The molecule has 1 aromatic carbocycles. The van der Waals surface area contributed by atoms with E-state index >= 15 is 0 Å². The van der Waals surface area contributed by atoms with Gasteiger partial charge in [0.1, 0.15) is 0 Å². The van der Waals surface area contributed by atoms with E-state index in [4.69, 9.17) is 0 Å². The summed E-state index contributed by atoms with van der Waals surface area (Å²) in [5.74, 6) is 1.82. The van der Waals surface area contributed by atoms with Crippen molar-refractivity contribution in [2.24, 2.45) is 11.8 Å². The molecule has 76 valence electrons. The summed E-state index contributed by atoms with van der Waals surface area (Å²) in [6.45, 7) is 2.38. The van der Waals surface area contributed by atoms with Gasteiger partial charge in [0.25, 0.3) is 0 Å². The van der Waals surface area contributed by atoms with Gasteiger partial charge in [0, 0.05) is 4.83 Å². The van der Waals surface area contributed by atoms with E-state index in [0.29, 0.717) is 4.83 Å². The number of benzene rings is 1. The van der Waals surface area contributed by atoms with Crippen LogP contribution in [-0.2, 0) is 6.42 Å². The molecule has 1 fully saturated rings. The lowest BCUT2D eigenvalue weighted by atomic mass is 9.97. The number of hydrogen-bond donors (Lipinski definition) is 0. The van der Waals surface area contributed by atoms with Crippen molar-refractivity contribution < 1.29 is 0 Å². The van der Waals surface area contributed by atoms with Gasteiger partial charge >= 0.3 is 0 Å². The first-order valence-electron chi connectivity index (χ1n) is 5.45. The van der Waals surface area contributed by atoms with Crippen molar-refractivity contribution in [2.45, 2.75) is 31.0 Å². The van der Waals surface area contributed by atoms with Crippen molar-refractivity contribution >= 4 is 15.9 Å². The summed E-state index contributed by atoms with van der Waals surface area (Å²) in [5, 5.41) is 0. The molecule has 0 aromatic heterocycles. The van der Waals surface area contributed by atoms with E-state index in [1.165, 1.54) is 24.8 Å². The van der Waals surface area contributed by atoms with Crippen molar-refractivity contribution in [3.63, 3.8) is 0 Å². The first kappa shape index (κ1) is 10.2. The van der Waals surface area contributed by atoms with E-state index in [0.717, 1.165) is 11.8 Å². The van der Waals surface area contributed by atoms with Gasteiger partial charge in [-0.15, -0.1) is 0 Å². The molecule has 2 unspecified atom stereocenters. The van der Waals surface area contributed by atoms with Crippen LogP contribution < -0.4 is 0 Å². The Kier molecular flexibility index (Phi) is 3.27. The highest BCUT2D eigenvalue weighted by atomic mass is 79.9. The maximum Gasteiger partial charge on any atom is 0.0214 e. The van der Waals surface area contributed by atoms with E-state index in [9.17, 15) is 0 Å². The van der Waals surface area contributed by atoms with Gasteiger partial charge in [-0.25, -0.2) is 0 Å². The smallest absolute Gasteiger partial charge is 0.0214 e. The molecule has 2 atom stereocenters. The molecule has 1 aliphatic rings. The van der Waals surface area contributed by atoms with Crippen LogP contribution in [0.4, 0.5) is 0 Å². The van der Waals surface area contributed by atoms with Gasteiger partial charge in [0.2, 0.25) is 0 Å². The third kappa shape index (κ3) is 2.60. The number of rotatable bonds is 4. The van der Waals surface area contributed by atoms with Crippen LogP contribution in [0, 0.1) is 11.8 Å². The Morgan fingerprint density at radius 2 is 1.93 bits per heavy atom. The minimum absolute atomic E-state index is 0.650. The van der Waals surface area contributed by atoms with Crippen molar-refractivity contribution in [3.8, 4) is 0 Å². The molecule has 0 radical (unpaired) electrons. The SMILES string of the molecule is CC(C(Br)Cc1ccccc1)C1CC1. The second-order valence-corrected chi connectivity index (χ2v) is 5.58. The average molecular weight is 253 g/mol. The Bertz CT molecular complexity index is 277. The Morgan fingerprint density at radius 3 is 2.50 bits per heavy atom. The predicted octanol–water partition coefficient (Wildman–Crippen LogP) is 4.04. The summed E-state index contributed by atoms with van der Waals surface area (Å²) < 4.78 is 0. The topological polar surface area (TPSA) is 0 Å². The standard InChI is InChI=1S/C13H17Br/c1-10(12-7-8-12)13(14)9-11-5-3-2-4-6-11/h2-6,10,12-13H,7-9H2,1H3. The third-order valence-corrected chi connectivity index (χ3v) is 4.37. The summed E-state index contributed by atoms with van der Waals surface area (Å²) in [6.07, 6.45) is 4.05. The summed E-state index contributed by atoms with van der Waals surface area (Å²) in [7, 11) is 0. The van der Waals surface area contributed by atoms with Crippen molar-refractivity contribution in [3.05, 3.63) is 35.9 Å². The zero-order valence-corrected chi connectivity index (χ0v) is 10.2. The van der Waals surface area contributed by atoms with E-state index in [-0.39, 0.29) is 0 Å². The van der Waals surface area contributed by atoms with Crippen LogP contribution in [0.3, 0.4) is 0 Å². The maximum absolute atomic E-state index is 3.82. The Morgan fingerprint density at radius 1 is 1.29 bits per heavy atom. The predicted molar refractivity (Wildman–Crippen MR) is 64.7 cm³/mol. The minimum atomic E-state index is 0.650. The summed E-state index contributed by atoms with van der Waals surface area (Å²) in [5.41, 5.74) is 1.45. The molecule has 1 saturated carbocycles. The van der Waals surface area contributed by atoms with Crippen molar-refractivity contribution in [2.75, 3.05) is 0 Å². The molecule has 14 heavy (non-hydrogen) atoms. The van der Waals surface area contributed by atoms with Gasteiger partial charge in [-0.1, -0.05) is 53.2 Å². The molecule has 0 nitrogen and oxygen atoms in total. The first-order chi connectivity index (χ1) is 6.77. The second kappa shape index (κ2) is 4.48. The zero-order chi connectivity index (χ0) is 9.97. The summed E-state index contributed by atoms with van der Waals surface area (Å²) in [4.78, 5) is 0.650. The Balaban J connectivity index is 1.90. The fraction of sp³-hybridized carbons (Fsp3) is 0.538. The summed E-state index contributed by atoms with van der Waals surface area (Å²) in [6, 6.07) is 10.8. The molecule has 1 heteroatoms. The van der Waals surface area contributed by atoms with Crippen LogP contribution in [0.1, 0.15) is 25.3 Å². The van der Waals surface area contributed by atoms with E-state index in [1.54, 1.807) is 0 Å². The lowest BCUT2D eigenvalue weighted by Gasteiger charge is -2.17. The number of halogens is 1. The van der Waals surface area contributed by atoms with Gasteiger partial charge < -0.3 is 0 Å². The molecule has 0 bridgehead atoms. The van der Waals surface area contributed by atoms with Crippen LogP contribution in [-0.4, -0.2) is 4.83 Å². The normalized spacial score (nSPS) is 20.4. The van der Waals surface area contributed by atoms with E-state index in [1.807, 2.05) is 0 Å².